The van der Waals surface area contributed by atoms with Gasteiger partial charge in [-0.2, -0.15) is 0 Å². The van der Waals surface area contributed by atoms with Gasteiger partial charge in [-0.15, -0.1) is 0 Å². The van der Waals surface area contributed by atoms with Crippen LogP contribution in [0.2, 0.25) is 5.02 Å². The van der Waals surface area contributed by atoms with E-state index in [1.165, 1.54) is 0 Å². The number of aliphatic carboxylic acids is 1. The maximum atomic E-state index is 10.7. The molecule has 0 amide bonds. The summed E-state index contributed by atoms with van der Waals surface area (Å²) in [6.45, 7) is 4.48. The molecular weight excluding hydrogens is 238 g/mol. The van der Waals surface area contributed by atoms with Crippen LogP contribution in [0.15, 0.2) is 18.2 Å². The largest absolute Gasteiger partial charge is 0.481 e. The molecule has 0 aliphatic heterocycles. The fraction of sp³-hybridized carbons (Fsp3) is 0.308. The van der Waals surface area contributed by atoms with Crippen molar-refractivity contribution in [2.24, 2.45) is 0 Å². The summed E-state index contributed by atoms with van der Waals surface area (Å²) >= 11 is 6.19. The Labute approximate surface area is 105 Å². The molecule has 1 N–H and O–H groups in total. The quantitative estimate of drug-likeness (QED) is 0.909. The maximum absolute atomic E-state index is 10.7. The van der Waals surface area contributed by atoms with Gasteiger partial charge in [0.2, 0.25) is 0 Å². The first-order chi connectivity index (χ1) is 8.02. The van der Waals surface area contributed by atoms with Crippen molar-refractivity contribution < 1.29 is 9.90 Å². The Morgan fingerprint density at radius 3 is 2.76 bits per heavy atom. The number of benzene rings is 1. The number of rotatable bonds is 3. The number of halogens is 1. The lowest BCUT2D eigenvalue weighted by Gasteiger charge is -2.07. The fourth-order valence-corrected chi connectivity index (χ4v) is 2.42. The first kappa shape index (κ1) is 12.0. The zero-order valence-electron chi connectivity index (χ0n) is 9.83. The molecule has 0 aliphatic rings. The highest BCUT2D eigenvalue weighted by molar-refractivity contribution is 6.35. The summed E-state index contributed by atoms with van der Waals surface area (Å²) in [5.74, 6) is -0.795. The van der Waals surface area contributed by atoms with Gasteiger partial charge in [0.15, 0.2) is 0 Å². The van der Waals surface area contributed by atoms with Crippen molar-refractivity contribution in [3.63, 3.8) is 0 Å². The van der Waals surface area contributed by atoms with Crippen molar-refractivity contribution in [2.45, 2.75) is 26.8 Å². The highest BCUT2D eigenvalue weighted by Crippen LogP contribution is 2.30. The van der Waals surface area contributed by atoms with Crippen LogP contribution in [0.1, 0.15) is 17.7 Å². The van der Waals surface area contributed by atoms with Crippen LogP contribution in [0.5, 0.6) is 0 Å². The van der Waals surface area contributed by atoms with Crippen LogP contribution < -0.4 is 0 Å². The number of aryl methyl sites for hydroxylation is 2. The van der Waals surface area contributed by atoms with Crippen LogP contribution in [0.4, 0.5) is 0 Å². The molecule has 90 valence electrons. The smallest absolute Gasteiger partial charge is 0.305 e. The average molecular weight is 252 g/mol. The van der Waals surface area contributed by atoms with E-state index < -0.39 is 5.97 Å². The summed E-state index contributed by atoms with van der Waals surface area (Å²) in [5.41, 5.74) is 3.17. The van der Waals surface area contributed by atoms with Crippen LogP contribution >= 0.6 is 11.6 Å². The van der Waals surface area contributed by atoms with E-state index in [2.05, 4.69) is 0 Å². The second kappa shape index (κ2) is 4.41. The Morgan fingerprint density at radius 2 is 2.12 bits per heavy atom. The number of para-hydroxylation sites is 1. The first-order valence-electron chi connectivity index (χ1n) is 5.48. The van der Waals surface area contributed by atoms with E-state index in [0.29, 0.717) is 11.6 Å². The summed E-state index contributed by atoms with van der Waals surface area (Å²) in [6, 6.07) is 5.76. The SMILES string of the molecule is Cc1c(C)n(CCC(=O)O)c2c(Cl)cccc12. The normalized spacial score (nSPS) is 11.0. The van der Waals surface area contributed by atoms with E-state index in [9.17, 15) is 4.79 Å². The van der Waals surface area contributed by atoms with Crippen LogP contribution in [0, 0.1) is 13.8 Å². The van der Waals surface area contributed by atoms with Crippen LogP contribution in [0.25, 0.3) is 10.9 Å². The van der Waals surface area contributed by atoms with Gasteiger partial charge in [-0.1, -0.05) is 23.7 Å². The number of fused-ring (bicyclic) bond motifs is 1. The minimum absolute atomic E-state index is 0.106. The molecule has 0 bridgehead atoms. The number of hydrogen-bond donors (Lipinski definition) is 1. The summed E-state index contributed by atoms with van der Waals surface area (Å²) in [5, 5.41) is 10.5. The molecule has 0 saturated heterocycles. The Balaban J connectivity index is 2.60. The van der Waals surface area contributed by atoms with Crippen LogP contribution in [-0.4, -0.2) is 15.6 Å². The summed E-state index contributed by atoms with van der Waals surface area (Å²) in [4.78, 5) is 10.7. The molecule has 1 aromatic carbocycles. The topological polar surface area (TPSA) is 42.2 Å². The molecule has 2 aromatic rings. The van der Waals surface area contributed by atoms with Crippen molar-refractivity contribution >= 4 is 28.5 Å². The minimum Gasteiger partial charge on any atom is -0.481 e. The zero-order valence-corrected chi connectivity index (χ0v) is 10.6. The van der Waals surface area contributed by atoms with Crippen molar-refractivity contribution in [1.82, 2.24) is 4.57 Å². The average Bonchev–Trinajstić information content (AvgIpc) is 2.52. The summed E-state index contributed by atoms with van der Waals surface area (Å²) in [7, 11) is 0. The van der Waals surface area contributed by atoms with Crippen LogP contribution in [0.3, 0.4) is 0 Å². The van der Waals surface area contributed by atoms with Crippen molar-refractivity contribution in [3.05, 3.63) is 34.5 Å². The van der Waals surface area contributed by atoms with E-state index in [1.54, 1.807) is 0 Å². The van der Waals surface area contributed by atoms with E-state index in [4.69, 9.17) is 16.7 Å². The molecule has 0 spiro atoms. The monoisotopic (exact) mass is 251 g/mol. The lowest BCUT2D eigenvalue weighted by atomic mass is 10.2. The first-order valence-corrected chi connectivity index (χ1v) is 5.86. The van der Waals surface area contributed by atoms with E-state index >= 15 is 0 Å². The Bertz CT molecular complexity index is 587. The Hall–Kier alpha value is -1.48. The van der Waals surface area contributed by atoms with E-state index in [1.807, 2.05) is 36.6 Å². The summed E-state index contributed by atoms with van der Waals surface area (Å²) in [6.07, 6.45) is 0.106. The van der Waals surface area contributed by atoms with E-state index in [-0.39, 0.29) is 6.42 Å². The third kappa shape index (κ3) is 2.03. The van der Waals surface area contributed by atoms with Gasteiger partial charge in [-0.25, -0.2) is 0 Å². The molecule has 0 fully saturated rings. The molecule has 1 heterocycles. The molecule has 2 rings (SSSR count). The number of carbonyl (C=O) groups is 1. The standard InChI is InChI=1S/C13H14ClNO2/c1-8-9(2)15(7-6-12(16)17)13-10(8)4-3-5-11(13)14/h3-5H,6-7H2,1-2H3,(H,16,17). The number of hydrogen-bond acceptors (Lipinski definition) is 1. The van der Waals surface area contributed by atoms with Crippen molar-refractivity contribution in [1.29, 1.82) is 0 Å². The molecular formula is C13H14ClNO2. The highest BCUT2D eigenvalue weighted by Gasteiger charge is 2.13. The summed E-state index contributed by atoms with van der Waals surface area (Å²) < 4.78 is 1.99. The Kier molecular flexibility index (Phi) is 3.11. The molecule has 0 radical (unpaired) electrons. The molecule has 0 unspecified atom stereocenters. The third-order valence-corrected chi connectivity index (χ3v) is 3.46. The van der Waals surface area contributed by atoms with E-state index in [0.717, 1.165) is 22.2 Å². The van der Waals surface area contributed by atoms with Gasteiger partial charge in [-0.05, 0) is 25.5 Å². The Morgan fingerprint density at radius 1 is 1.41 bits per heavy atom. The molecule has 3 nitrogen and oxygen atoms in total. The van der Waals surface area contributed by atoms with Gasteiger partial charge in [0.25, 0.3) is 0 Å². The lowest BCUT2D eigenvalue weighted by molar-refractivity contribution is -0.137. The fourth-order valence-electron chi connectivity index (χ4n) is 2.14. The molecule has 1 aromatic heterocycles. The second-order valence-electron chi connectivity index (χ2n) is 4.14. The number of carboxylic acids is 1. The zero-order chi connectivity index (χ0) is 12.6. The number of nitrogens with zero attached hydrogens (tertiary/aromatic N) is 1. The number of aromatic nitrogens is 1. The molecule has 17 heavy (non-hydrogen) atoms. The van der Waals surface area contributed by atoms with Crippen LogP contribution in [-0.2, 0) is 11.3 Å². The van der Waals surface area contributed by atoms with Gasteiger partial charge < -0.3 is 9.67 Å². The molecule has 0 saturated carbocycles. The van der Waals surface area contributed by atoms with Gasteiger partial charge in [0.1, 0.15) is 0 Å². The molecule has 0 aliphatic carbocycles. The van der Waals surface area contributed by atoms with Crippen molar-refractivity contribution in [3.8, 4) is 0 Å². The second-order valence-corrected chi connectivity index (χ2v) is 4.55. The minimum atomic E-state index is -0.795. The predicted octanol–water partition coefficient (Wildman–Crippen LogP) is 3.39. The number of carboxylic acid groups (broad SMARTS) is 1. The lowest BCUT2D eigenvalue weighted by Crippen LogP contribution is -2.06. The molecule has 0 atom stereocenters. The third-order valence-electron chi connectivity index (χ3n) is 3.16. The predicted molar refractivity (Wildman–Crippen MR) is 68.7 cm³/mol. The van der Waals surface area contributed by atoms with Gasteiger partial charge in [-0.3, -0.25) is 4.79 Å². The van der Waals surface area contributed by atoms with Crippen molar-refractivity contribution in [2.75, 3.05) is 0 Å². The highest BCUT2D eigenvalue weighted by atomic mass is 35.5. The molecule has 4 heteroatoms. The van der Waals surface area contributed by atoms with Gasteiger partial charge in [0.05, 0.1) is 17.0 Å². The van der Waals surface area contributed by atoms with Gasteiger partial charge in [0, 0.05) is 17.6 Å². The maximum Gasteiger partial charge on any atom is 0.305 e. The van der Waals surface area contributed by atoms with Gasteiger partial charge >= 0.3 is 5.97 Å².